The highest BCUT2D eigenvalue weighted by molar-refractivity contribution is 8.13. The lowest BCUT2D eigenvalue weighted by atomic mass is 10.1. The molecule has 0 radical (unpaired) electrons. The van der Waals surface area contributed by atoms with Crippen molar-refractivity contribution >= 4 is 39.5 Å². The number of nitrogens with zero attached hydrogens (tertiary/aromatic N) is 3. The summed E-state index contributed by atoms with van der Waals surface area (Å²) in [7, 11) is 0. The van der Waals surface area contributed by atoms with Gasteiger partial charge in [-0.15, -0.1) is 0 Å². The van der Waals surface area contributed by atoms with Crippen molar-refractivity contribution < 1.29 is 18.7 Å². The Kier molecular flexibility index (Phi) is 7.62. The molecule has 1 aliphatic heterocycles. The van der Waals surface area contributed by atoms with Crippen LogP contribution in [0.2, 0.25) is 0 Å². The van der Waals surface area contributed by atoms with E-state index in [2.05, 4.69) is 87.2 Å². The Morgan fingerprint density at radius 1 is 0.917 bits per heavy atom. The minimum Gasteiger partial charge on any atom is -0.439 e. The highest BCUT2D eigenvalue weighted by Gasteiger charge is 2.26. The van der Waals surface area contributed by atoms with Gasteiger partial charge in [-0.2, -0.15) is 4.57 Å². The van der Waals surface area contributed by atoms with Gasteiger partial charge in [-0.25, -0.2) is 4.57 Å². The molecule has 182 valence electrons. The van der Waals surface area contributed by atoms with Gasteiger partial charge in [0.2, 0.25) is 11.4 Å². The van der Waals surface area contributed by atoms with E-state index in [1.807, 2.05) is 24.3 Å². The van der Waals surface area contributed by atoms with E-state index in [9.17, 15) is 4.79 Å². The first kappa shape index (κ1) is 24.1. The molecule has 0 N–H and O–H groups in total. The van der Waals surface area contributed by atoms with Crippen molar-refractivity contribution in [3.8, 4) is 5.75 Å². The van der Waals surface area contributed by atoms with Gasteiger partial charge >= 0.3 is 0 Å². The molecule has 5 nitrogen and oxygen atoms in total. The van der Waals surface area contributed by atoms with Crippen molar-refractivity contribution in [2.24, 2.45) is 0 Å². The molecule has 0 bridgehead atoms. The fraction of sp³-hybridized carbons (Fsp3) is 0.233. The highest BCUT2D eigenvalue weighted by Crippen LogP contribution is 2.39. The van der Waals surface area contributed by atoms with Gasteiger partial charge < -0.3 is 9.64 Å². The number of ether oxygens (including phenoxy) is 1. The summed E-state index contributed by atoms with van der Waals surface area (Å²) in [6.07, 6.45) is 10.5. The largest absolute Gasteiger partial charge is 0.439 e. The van der Waals surface area contributed by atoms with Crippen LogP contribution in [0.15, 0.2) is 97.3 Å². The lowest BCUT2D eigenvalue weighted by Crippen LogP contribution is -2.39. The average molecular weight is 498 g/mol. The minimum atomic E-state index is 0.162. The van der Waals surface area contributed by atoms with Gasteiger partial charge in [0.25, 0.3) is 0 Å². The van der Waals surface area contributed by atoms with Crippen molar-refractivity contribution in [3.05, 3.63) is 103 Å². The summed E-state index contributed by atoms with van der Waals surface area (Å²) in [4.78, 5) is 13.6. The SMILES string of the molecule is CC(=O)SCCCN1/C(=C/c2cc[n+](CCC[n+]3ccccc3)c3ccccc23)Oc2ccccc21. The Morgan fingerprint density at radius 2 is 1.72 bits per heavy atom. The monoisotopic (exact) mass is 497 g/mol. The van der Waals surface area contributed by atoms with Gasteiger partial charge in [-0.3, -0.25) is 4.79 Å². The molecule has 0 unspecified atom stereocenters. The van der Waals surface area contributed by atoms with E-state index in [-0.39, 0.29) is 5.12 Å². The maximum Gasteiger partial charge on any atom is 0.213 e. The summed E-state index contributed by atoms with van der Waals surface area (Å²) in [5, 5.41) is 1.36. The Labute approximate surface area is 216 Å². The molecule has 0 spiro atoms. The molecule has 36 heavy (non-hydrogen) atoms. The topological polar surface area (TPSA) is 37.3 Å². The molecule has 0 saturated carbocycles. The first-order valence-electron chi connectivity index (χ1n) is 12.4. The molecular formula is C30H31N3O2S+2. The predicted molar refractivity (Wildman–Crippen MR) is 146 cm³/mol. The van der Waals surface area contributed by atoms with Crippen molar-refractivity contribution in [2.75, 3.05) is 17.2 Å². The van der Waals surface area contributed by atoms with E-state index in [1.165, 1.54) is 22.7 Å². The summed E-state index contributed by atoms with van der Waals surface area (Å²) in [6, 6.07) is 25.1. The zero-order chi connectivity index (χ0) is 24.7. The summed E-state index contributed by atoms with van der Waals surface area (Å²) >= 11 is 1.38. The van der Waals surface area contributed by atoms with Crippen LogP contribution in [0.1, 0.15) is 25.3 Å². The molecule has 1 aliphatic rings. The standard InChI is InChI=1S/C30H31N3O2S/c1-24(34)36-22-10-20-33-28-13-5-6-14-29(28)35-30(33)23-25-15-21-32(27-12-4-3-11-26(25)27)19-9-18-31-16-7-2-8-17-31/h2-8,11-17,21,23H,9-10,18-20,22H2,1H3/q+2. The summed E-state index contributed by atoms with van der Waals surface area (Å²) in [5.41, 5.74) is 3.42. The van der Waals surface area contributed by atoms with Gasteiger partial charge in [0.1, 0.15) is 0 Å². The lowest BCUT2D eigenvalue weighted by Gasteiger charge is -2.18. The molecular weight excluding hydrogens is 466 g/mol. The maximum absolute atomic E-state index is 11.3. The summed E-state index contributed by atoms with van der Waals surface area (Å²) < 4.78 is 10.9. The van der Waals surface area contributed by atoms with Crippen LogP contribution in [-0.2, 0) is 17.9 Å². The zero-order valence-electron chi connectivity index (χ0n) is 20.5. The molecule has 5 rings (SSSR count). The number of aromatic nitrogens is 2. The first-order chi connectivity index (χ1) is 17.7. The van der Waals surface area contributed by atoms with Crippen molar-refractivity contribution in [1.29, 1.82) is 0 Å². The Morgan fingerprint density at radius 3 is 2.58 bits per heavy atom. The second-order valence-electron chi connectivity index (χ2n) is 8.85. The number of para-hydroxylation sites is 3. The van der Waals surface area contributed by atoms with Crippen LogP contribution in [0.25, 0.3) is 17.0 Å². The summed E-state index contributed by atoms with van der Waals surface area (Å²) in [5.74, 6) is 2.50. The molecule has 4 aromatic rings. The third-order valence-corrected chi connectivity index (χ3v) is 7.20. The lowest BCUT2D eigenvalue weighted by molar-refractivity contribution is -0.717. The maximum atomic E-state index is 11.3. The number of carbonyl (C=O) groups is 1. The summed E-state index contributed by atoms with van der Waals surface area (Å²) in [6.45, 7) is 4.35. The molecule has 3 heterocycles. The fourth-order valence-electron chi connectivity index (χ4n) is 4.60. The molecule has 0 saturated heterocycles. The number of aryl methyl sites for hydroxylation is 2. The van der Waals surface area contributed by atoms with Gasteiger partial charge in [0.15, 0.2) is 42.5 Å². The Hall–Kier alpha value is -3.64. The number of hydrogen-bond acceptors (Lipinski definition) is 4. The molecule has 0 fully saturated rings. The molecule has 2 aromatic heterocycles. The number of pyridine rings is 2. The zero-order valence-corrected chi connectivity index (χ0v) is 21.4. The van der Waals surface area contributed by atoms with Gasteiger partial charge in [0, 0.05) is 49.6 Å². The number of anilines is 1. The normalized spacial score (nSPS) is 13.7. The van der Waals surface area contributed by atoms with E-state index in [4.69, 9.17) is 4.74 Å². The molecule has 6 heteroatoms. The number of benzene rings is 2. The Balaban J connectivity index is 1.39. The van der Waals surface area contributed by atoms with Crippen LogP contribution >= 0.6 is 11.8 Å². The third kappa shape index (κ3) is 5.60. The number of rotatable bonds is 9. The van der Waals surface area contributed by atoms with Crippen molar-refractivity contribution in [3.63, 3.8) is 0 Å². The van der Waals surface area contributed by atoms with Gasteiger partial charge in [0.05, 0.1) is 17.5 Å². The fourth-order valence-corrected chi connectivity index (χ4v) is 5.16. The van der Waals surface area contributed by atoms with Gasteiger partial charge in [-0.05, 0) is 30.2 Å². The molecule has 0 aliphatic carbocycles. The average Bonchev–Trinajstić information content (AvgIpc) is 3.25. The third-order valence-electron chi connectivity index (χ3n) is 6.30. The van der Waals surface area contributed by atoms with E-state index >= 15 is 0 Å². The second-order valence-corrected chi connectivity index (χ2v) is 10.1. The molecule has 0 amide bonds. The van der Waals surface area contributed by atoms with E-state index in [0.29, 0.717) is 0 Å². The quantitative estimate of drug-likeness (QED) is 0.230. The first-order valence-corrected chi connectivity index (χ1v) is 13.4. The van der Waals surface area contributed by atoms with Crippen LogP contribution in [0, 0.1) is 0 Å². The van der Waals surface area contributed by atoms with E-state index in [0.717, 1.165) is 61.1 Å². The van der Waals surface area contributed by atoms with E-state index < -0.39 is 0 Å². The number of hydrogen-bond donors (Lipinski definition) is 0. The highest BCUT2D eigenvalue weighted by atomic mass is 32.2. The van der Waals surface area contributed by atoms with Crippen molar-refractivity contribution in [2.45, 2.75) is 32.9 Å². The van der Waals surface area contributed by atoms with Crippen molar-refractivity contribution in [1.82, 2.24) is 0 Å². The van der Waals surface area contributed by atoms with Crippen LogP contribution in [0.4, 0.5) is 5.69 Å². The smallest absolute Gasteiger partial charge is 0.213 e. The number of fused-ring (bicyclic) bond motifs is 2. The van der Waals surface area contributed by atoms with Gasteiger partial charge in [-0.1, -0.05) is 42.1 Å². The molecule has 2 aromatic carbocycles. The van der Waals surface area contributed by atoms with Crippen LogP contribution in [0.5, 0.6) is 5.75 Å². The second kappa shape index (κ2) is 11.4. The number of carbonyl (C=O) groups excluding carboxylic acids is 1. The van der Waals surface area contributed by atoms with Crippen LogP contribution in [-0.4, -0.2) is 17.4 Å². The minimum absolute atomic E-state index is 0.162. The van der Waals surface area contributed by atoms with Crippen LogP contribution in [0.3, 0.4) is 0 Å². The van der Waals surface area contributed by atoms with Crippen LogP contribution < -0.4 is 18.8 Å². The molecule has 0 atom stereocenters. The predicted octanol–water partition coefficient (Wildman–Crippen LogP) is 5.37. The Bertz CT molecular complexity index is 1390. The van der Waals surface area contributed by atoms with E-state index in [1.54, 1.807) is 6.92 Å². The number of thioether (sulfide) groups is 1.